The van der Waals surface area contributed by atoms with Crippen molar-refractivity contribution >= 4 is 5.70 Å². The van der Waals surface area contributed by atoms with E-state index in [1.807, 2.05) is 0 Å². The Bertz CT molecular complexity index is 1000. The summed E-state index contributed by atoms with van der Waals surface area (Å²) in [5.41, 5.74) is 11.2. The van der Waals surface area contributed by atoms with E-state index in [4.69, 9.17) is 4.74 Å². The second kappa shape index (κ2) is 8.04. The molecule has 0 atom stereocenters. The van der Waals surface area contributed by atoms with Gasteiger partial charge in [-0.2, -0.15) is 0 Å². The van der Waals surface area contributed by atoms with Gasteiger partial charge in [-0.25, -0.2) is 0 Å². The molecule has 1 aliphatic heterocycles. The smallest absolute Gasteiger partial charge is 0.0719 e. The topological polar surface area (TPSA) is 21.3 Å². The maximum absolute atomic E-state index is 5.64. The molecule has 1 N–H and O–H groups in total. The van der Waals surface area contributed by atoms with Gasteiger partial charge in [0.15, 0.2) is 0 Å². The number of benzene rings is 3. The summed E-state index contributed by atoms with van der Waals surface area (Å²) in [7, 11) is 0. The van der Waals surface area contributed by atoms with Crippen molar-refractivity contribution in [2.45, 2.75) is 33.4 Å². The third-order valence-electron chi connectivity index (χ3n) is 5.48. The molecule has 0 radical (unpaired) electrons. The van der Waals surface area contributed by atoms with E-state index in [1.165, 1.54) is 44.5 Å². The van der Waals surface area contributed by atoms with Crippen LogP contribution in [0.4, 0.5) is 0 Å². The van der Waals surface area contributed by atoms with Crippen molar-refractivity contribution < 1.29 is 4.74 Å². The molecule has 0 saturated carbocycles. The van der Waals surface area contributed by atoms with Crippen molar-refractivity contribution in [1.29, 1.82) is 0 Å². The molecular weight excluding hydrogens is 342 g/mol. The predicted molar refractivity (Wildman–Crippen MR) is 117 cm³/mol. The molecule has 1 heterocycles. The summed E-state index contributed by atoms with van der Waals surface area (Å²) in [6.45, 7) is 11.0. The molecule has 2 heteroatoms. The first-order valence-corrected chi connectivity index (χ1v) is 9.90. The Morgan fingerprint density at radius 3 is 2.68 bits per heavy atom. The zero-order valence-corrected chi connectivity index (χ0v) is 16.7. The molecule has 3 aromatic carbocycles. The molecule has 0 amide bonds. The molecule has 0 aliphatic carbocycles. The molecule has 1 aliphatic rings. The van der Waals surface area contributed by atoms with E-state index in [2.05, 4.69) is 86.4 Å². The minimum Gasteiger partial charge on any atom is -0.381 e. The van der Waals surface area contributed by atoms with Gasteiger partial charge in [-0.3, -0.25) is 0 Å². The normalized spacial score (nSPS) is 13.1. The number of hydrogen-bond donors (Lipinski definition) is 1. The highest BCUT2D eigenvalue weighted by Crippen LogP contribution is 2.30. The van der Waals surface area contributed by atoms with Gasteiger partial charge < -0.3 is 10.1 Å². The average molecular weight is 370 g/mol. The standard InChI is InChI=1S/C26H27NO/c1-18-14-22(24-12-13-28-17-23(24)15-18)16-27-20(3)26-19(2)8-7-11-25(26)21-9-5-4-6-10-21/h4-11,14-15,27H,3,12-13,16-17H2,1-2H3. The molecule has 2 nitrogen and oxygen atoms in total. The van der Waals surface area contributed by atoms with Crippen LogP contribution >= 0.6 is 0 Å². The second-order valence-electron chi connectivity index (χ2n) is 7.56. The first-order valence-electron chi connectivity index (χ1n) is 9.90. The summed E-state index contributed by atoms with van der Waals surface area (Å²) >= 11 is 0. The molecule has 0 spiro atoms. The lowest BCUT2D eigenvalue weighted by Crippen LogP contribution is -2.18. The fourth-order valence-corrected chi connectivity index (χ4v) is 4.15. The van der Waals surface area contributed by atoms with Crippen LogP contribution in [0.5, 0.6) is 0 Å². The molecule has 0 saturated heterocycles. The number of rotatable bonds is 5. The lowest BCUT2D eigenvalue weighted by molar-refractivity contribution is 0.110. The zero-order valence-electron chi connectivity index (χ0n) is 16.7. The third kappa shape index (κ3) is 3.74. The highest BCUT2D eigenvalue weighted by atomic mass is 16.5. The molecule has 0 fully saturated rings. The van der Waals surface area contributed by atoms with Crippen LogP contribution in [0.3, 0.4) is 0 Å². The molecule has 0 bridgehead atoms. The predicted octanol–water partition coefficient (Wildman–Crippen LogP) is 5.80. The van der Waals surface area contributed by atoms with Crippen LogP contribution in [0.15, 0.2) is 67.2 Å². The van der Waals surface area contributed by atoms with Crippen LogP contribution < -0.4 is 5.32 Å². The van der Waals surface area contributed by atoms with Crippen molar-refractivity contribution in [1.82, 2.24) is 5.32 Å². The van der Waals surface area contributed by atoms with E-state index in [0.717, 1.165) is 31.9 Å². The summed E-state index contributed by atoms with van der Waals surface area (Å²) in [5, 5.41) is 3.61. The first-order chi connectivity index (χ1) is 13.6. The van der Waals surface area contributed by atoms with E-state index in [-0.39, 0.29) is 0 Å². The average Bonchev–Trinajstić information content (AvgIpc) is 2.72. The summed E-state index contributed by atoms with van der Waals surface area (Å²) in [4.78, 5) is 0. The lowest BCUT2D eigenvalue weighted by atomic mass is 9.93. The van der Waals surface area contributed by atoms with Crippen molar-refractivity contribution in [2.75, 3.05) is 6.61 Å². The zero-order chi connectivity index (χ0) is 19.5. The van der Waals surface area contributed by atoms with E-state index >= 15 is 0 Å². The van der Waals surface area contributed by atoms with E-state index in [9.17, 15) is 0 Å². The Balaban J connectivity index is 1.62. The summed E-state index contributed by atoms with van der Waals surface area (Å²) in [6, 6.07) is 21.5. The van der Waals surface area contributed by atoms with Crippen LogP contribution in [0.25, 0.3) is 16.8 Å². The van der Waals surface area contributed by atoms with Gasteiger partial charge in [-0.15, -0.1) is 0 Å². The molecule has 0 aromatic heterocycles. The van der Waals surface area contributed by atoms with Crippen LogP contribution in [0.1, 0.15) is 33.4 Å². The fourth-order valence-electron chi connectivity index (χ4n) is 4.15. The van der Waals surface area contributed by atoms with E-state index in [1.54, 1.807) is 0 Å². The molecule has 3 aromatic rings. The highest BCUT2D eigenvalue weighted by Gasteiger charge is 2.16. The number of ether oxygens (including phenoxy) is 1. The van der Waals surface area contributed by atoms with Crippen LogP contribution in [-0.4, -0.2) is 6.61 Å². The Hall–Kier alpha value is -2.84. The largest absolute Gasteiger partial charge is 0.381 e. The summed E-state index contributed by atoms with van der Waals surface area (Å²) < 4.78 is 5.64. The Morgan fingerprint density at radius 2 is 1.86 bits per heavy atom. The third-order valence-corrected chi connectivity index (χ3v) is 5.48. The second-order valence-corrected chi connectivity index (χ2v) is 7.56. The maximum Gasteiger partial charge on any atom is 0.0719 e. The van der Waals surface area contributed by atoms with Gasteiger partial charge in [0, 0.05) is 17.8 Å². The molecule has 142 valence electrons. The number of fused-ring (bicyclic) bond motifs is 1. The summed E-state index contributed by atoms with van der Waals surface area (Å²) in [6.07, 6.45) is 0.985. The first kappa shape index (κ1) is 18.5. The number of aryl methyl sites for hydroxylation is 2. The minimum atomic E-state index is 0.723. The van der Waals surface area contributed by atoms with Crippen LogP contribution in [0.2, 0.25) is 0 Å². The van der Waals surface area contributed by atoms with E-state index in [0.29, 0.717) is 0 Å². The van der Waals surface area contributed by atoms with Gasteiger partial charge in [-0.1, -0.05) is 72.8 Å². The van der Waals surface area contributed by atoms with Crippen LogP contribution in [0, 0.1) is 13.8 Å². The van der Waals surface area contributed by atoms with Gasteiger partial charge in [0.1, 0.15) is 0 Å². The van der Waals surface area contributed by atoms with Crippen molar-refractivity contribution in [3.05, 3.63) is 101 Å². The fraction of sp³-hybridized carbons (Fsp3) is 0.231. The van der Waals surface area contributed by atoms with Gasteiger partial charge in [0.05, 0.1) is 13.2 Å². The highest BCUT2D eigenvalue weighted by molar-refractivity contribution is 5.81. The quantitative estimate of drug-likeness (QED) is 0.613. The van der Waals surface area contributed by atoms with Crippen molar-refractivity contribution in [2.24, 2.45) is 0 Å². The Morgan fingerprint density at radius 1 is 1.04 bits per heavy atom. The number of nitrogens with one attached hydrogen (secondary N) is 1. The Labute approximate surface area is 167 Å². The van der Waals surface area contributed by atoms with Gasteiger partial charge in [0.2, 0.25) is 0 Å². The molecule has 28 heavy (non-hydrogen) atoms. The molecular formula is C26H27NO. The Kier molecular flexibility index (Phi) is 5.31. The maximum atomic E-state index is 5.64. The van der Waals surface area contributed by atoms with Gasteiger partial charge >= 0.3 is 0 Å². The van der Waals surface area contributed by atoms with Crippen molar-refractivity contribution in [3.63, 3.8) is 0 Å². The lowest BCUT2D eigenvalue weighted by Gasteiger charge is -2.22. The van der Waals surface area contributed by atoms with E-state index < -0.39 is 0 Å². The van der Waals surface area contributed by atoms with Gasteiger partial charge in [0.25, 0.3) is 0 Å². The SMILES string of the molecule is C=C(NCc1cc(C)cc2c1CCOC2)c1c(C)cccc1-c1ccccc1. The van der Waals surface area contributed by atoms with Crippen LogP contribution in [-0.2, 0) is 24.3 Å². The molecule has 4 rings (SSSR count). The molecule has 0 unspecified atom stereocenters. The minimum absolute atomic E-state index is 0.723. The monoisotopic (exact) mass is 369 g/mol. The van der Waals surface area contributed by atoms with Crippen molar-refractivity contribution in [3.8, 4) is 11.1 Å². The van der Waals surface area contributed by atoms with Gasteiger partial charge in [-0.05, 0) is 53.6 Å². The summed E-state index contributed by atoms with van der Waals surface area (Å²) in [5.74, 6) is 0. The number of hydrogen-bond acceptors (Lipinski definition) is 2.